The van der Waals surface area contributed by atoms with Gasteiger partial charge in [0.05, 0.1) is 24.6 Å². The minimum absolute atomic E-state index is 0.454. The SMILES string of the molecule is [C-]#[N+]c1ccc(-c2nc(OC[C@@H]3CCNC3)c3nccn3c2-c2cnc(N(C)C)nc2)cc1. The van der Waals surface area contributed by atoms with E-state index in [1.54, 1.807) is 30.7 Å². The Kier molecular flexibility index (Phi) is 5.59. The van der Waals surface area contributed by atoms with E-state index in [4.69, 9.17) is 16.3 Å². The molecule has 0 radical (unpaired) electrons. The zero-order chi connectivity index (χ0) is 22.8. The van der Waals surface area contributed by atoms with Crippen LogP contribution in [0.15, 0.2) is 49.1 Å². The molecule has 5 rings (SSSR count). The average molecular weight is 441 g/mol. The number of ether oxygens (including phenoxy) is 1. The minimum atomic E-state index is 0.454. The van der Waals surface area contributed by atoms with Crippen molar-refractivity contribution in [2.75, 3.05) is 38.7 Å². The van der Waals surface area contributed by atoms with Crippen LogP contribution in [-0.4, -0.2) is 58.1 Å². The van der Waals surface area contributed by atoms with Crippen molar-refractivity contribution in [3.8, 4) is 28.4 Å². The normalized spacial score (nSPS) is 15.5. The molecule has 1 aliphatic heterocycles. The predicted molar refractivity (Wildman–Crippen MR) is 127 cm³/mol. The monoisotopic (exact) mass is 440 g/mol. The first-order valence-electron chi connectivity index (χ1n) is 10.8. The number of benzene rings is 1. The number of imidazole rings is 1. The van der Waals surface area contributed by atoms with Gasteiger partial charge in [0.1, 0.15) is 0 Å². The lowest BCUT2D eigenvalue weighted by molar-refractivity contribution is 0.253. The van der Waals surface area contributed by atoms with E-state index in [9.17, 15) is 0 Å². The van der Waals surface area contributed by atoms with E-state index in [0.717, 1.165) is 42.0 Å². The number of rotatable bonds is 6. The third-order valence-electron chi connectivity index (χ3n) is 5.71. The zero-order valence-electron chi connectivity index (χ0n) is 18.6. The van der Waals surface area contributed by atoms with E-state index in [0.29, 0.717) is 35.7 Å². The maximum atomic E-state index is 7.26. The number of hydrogen-bond acceptors (Lipinski definition) is 7. The molecule has 4 aromatic rings. The number of aromatic nitrogens is 5. The van der Waals surface area contributed by atoms with Crippen LogP contribution in [0.3, 0.4) is 0 Å². The molecule has 1 N–H and O–H groups in total. The lowest BCUT2D eigenvalue weighted by Crippen LogP contribution is -2.16. The fourth-order valence-electron chi connectivity index (χ4n) is 3.96. The quantitative estimate of drug-likeness (QED) is 0.460. The Morgan fingerprint density at radius 3 is 2.61 bits per heavy atom. The fraction of sp³-hybridized carbons (Fsp3) is 0.292. The lowest BCUT2D eigenvalue weighted by Gasteiger charge is -2.17. The van der Waals surface area contributed by atoms with Gasteiger partial charge in [0.2, 0.25) is 11.6 Å². The molecule has 0 saturated carbocycles. The summed E-state index contributed by atoms with van der Waals surface area (Å²) in [7, 11) is 3.81. The summed E-state index contributed by atoms with van der Waals surface area (Å²) >= 11 is 0. The molecule has 33 heavy (non-hydrogen) atoms. The van der Waals surface area contributed by atoms with Gasteiger partial charge in [-0.1, -0.05) is 24.3 Å². The number of hydrogen-bond donors (Lipinski definition) is 1. The van der Waals surface area contributed by atoms with Gasteiger partial charge in [0.15, 0.2) is 5.69 Å². The van der Waals surface area contributed by atoms with Crippen molar-refractivity contribution < 1.29 is 4.74 Å². The Balaban J connectivity index is 1.65. The van der Waals surface area contributed by atoms with Crippen LogP contribution in [0.5, 0.6) is 5.88 Å². The summed E-state index contributed by atoms with van der Waals surface area (Å²) in [4.78, 5) is 23.8. The molecule has 0 unspecified atom stereocenters. The highest BCUT2D eigenvalue weighted by molar-refractivity contribution is 5.81. The van der Waals surface area contributed by atoms with Crippen LogP contribution in [0.4, 0.5) is 11.6 Å². The first kappa shape index (κ1) is 20.8. The standard InChI is InChI=1S/C24H24N8O/c1-25-19-6-4-17(5-7-19)20-21(18-13-28-24(29-14-18)31(2)3)32-11-10-27-22(32)23(30-20)33-15-16-8-9-26-12-16/h4-7,10-11,13-14,16,26H,8-9,12,15H2,2-3H3/t16-/m1/s1. The molecule has 1 atom stereocenters. The molecule has 1 aliphatic rings. The fourth-order valence-corrected chi connectivity index (χ4v) is 3.96. The molecule has 9 heteroatoms. The Labute approximate surface area is 191 Å². The van der Waals surface area contributed by atoms with Gasteiger partial charge in [0.25, 0.3) is 5.88 Å². The van der Waals surface area contributed by atoms with Gasteiger partial charge in [0, 0.05) is 56.9 Å². The van der Waals surface area contributed by atoms with Crippen molar-refractivity contribution in [2.24, 2.45) is 5.92 Å². The summed E-state index contributed by atoms with van der Waals surface area (Å²) in [5, 5.41) is 3.37. The van der Waals surface area contributed by atoms with E-state index in [-0.39, 0.29) is 0 Å². The Morgan fingerprint density at radius 1 is 1.15 bits per heavy atom. The van der Waals surface area contributed by atoms with Crippen LogP contribution in [0.2, 0.25) is 0 Å². The van der Waals surface area contributed by atoms with E-state index in [1.165, 1.54) is 0 Å². The van der Waals surface area contributed by atoms with Crippen molar-refractivity contribution in [2.45, 2.75) is 6.42 Å². The van der Waals surface area contributed by atoms with Crippen LogP contribution in [0, 0.1) is 12.5 Å². The molecular weight excluding hydrogens is 416 g/mol. The molecule has 3 aromatic heterocycles. The van der Waals surface area contributed by atoms with Gasteiger partial charge in [-0.3, -0.25) is 4.40 Å². The molecular formula is C24H24N8O. The molecule has 1 aromatic carbocycles. The highest BCUT2D eigenvalue weighted by Crippen LogP contribution is 2.35. The predicted octanol–water partition coefficient (Wildman–Crippen LogP) is 3.46. The number of nitrogens with zero attached hydrogens (tertiary/aromatic N) is 7. The number of fused-ring (bicyclic) bond motifs is 1. The third kappa shape index (κ3) is 4.08. The van der Waals surface area contributed by atoms with Crippen LogP contribution < -0.4 is 15.0 Å². The molecule has 0 bridgehead atoms. The highest BCUT2D eigenvalue weighted by atomic mass is 16.5. The van der Waals surface area contributed by atoms with Gasteiger partial charge in [-0.2, -0.15) is 0 Å². The number of anilines is 1. The summed E-state index contributed by atoms with van der Waals surface area (Å²) in [6, 6.07) is 7.40. The molecule has 9 nitrogen and oxygen atoms in total. The largest absolute Gasteiger partial charge is 0.475 e. The van der Waals surface area contributed by atoms with E-state index >= 15 is 0 Å². The van der Waals surface area contributed by atoms with Crippen molar-refractivity contribution in [1.82, 2.24) is 29.7 Å². The smallest absolute Gasteiger partial charge is 0.259 e. The molecule has 166 valence electrons. The lowest BCUT2D eigenvalue weighted by atomic mass is 10.1. The molecule has 0 aliphatic carbocycles. The van der Waals surface area contributed by atoms with Crippen molar-refractivity contribution in [3.63, 3.8) is 0 Å². The van der Waals surface area contributed by atoms with Gasteiger partial charge in [-0.15, -0.1) is 0 Å². The van der Waals surface area contributed by atoms with Crippen LogP contribution >= 0.6 is 0 Å². The summed E-state index contributed by atoms with van der Waals surface area (Å²) in [6.07, 6.45) is 8.31. The first-order valence-corrected chi connectivity index (χ1v) is 10.8. The average Bonchev–Trinajstić information content (AvgIpc) is 3.55. The Hall–Kier alpha value is -4.03. The minimum Gasteiger partial charge on any atom is -0.475 e. The van der Waals surface area contributed by atoms with Crippen LogP contribution in [0.25, 0.3) is 33.0 Å². The van der Waals surface area contributed by atoms with Gasteiger partial charge in [-0.05, 0) is 18.5 Å². The third-order valence-corrected chi connectivity index (χ3v) is 5.71. The highest BCUT2D eigenvalue weighted by Gasteiger charge is 2.21. The van der Waals surface area contributed by atoms with Crippen molar-refractivity contribution >= 4 is 17.3 Å². The molecule has 1 fully saturated rings. The second-order valence-corrected chi connectivity index (χ2v) is 8.23. The summed E-state index contributed by atoms with van der Waals surface area (Å²) in [6.45, 7) is 9.80. The maximum Gasteiger partial charge on any atom is 0.259 e. The van der Waals surface area contributed by atoms with E-state index in [2.05, 4.69) is 25.1 Å². The van der Waals surface area contributed by atoms with Gasteiger partial charge < -0.3 is 15.0 Å². The summed E-state index contributed by atoms with van der Waals surface area (Å²) < 4.78 is 8.16. The molecule has 1 saturated heterocycles. The second kappa shape index (κ2) is 8.84. The van der Waals surface area contributed by atoms with E-state index < -0.39 is 0 Å². The number of nitrogens with one attached hydrogen (secondary N) is 1. The van der Waals surface area contributed by atoms with Gasteiger partial charge >= 0.3 is 0 Å². The topological polar surface area (TPSA) is 84.8 Å². The van der Waals surface area contributed by atoms with E-state index in [1.807, 2.05) is 41.7 Å². The summed E-state index contributed by atoms with van der Waals surface area (Å²) in [5.41, 5.74) is 4.45. The Bertz CT molecular complexity index is 1300. The van der Waals surface area contributed by atoms with Crippen molar-refractivity contribution in [1.29, 1.82) is 0 Å². The maximum absolute atomic E-state index is 7.26. The molecule has 4 heterocycles. The zero-order valence-corrected chi connectivity index (χ0v) is 18.6. The Morgan fingerprint density at radius 2 is 1.94 bits per heavy atom. The van der Waals surface area contributed by atoms with Crippen molar-refractivity contribution in [3.05, 3.63) is 60.5 Å². The molecule has 0 amide bonds. The first-order chi connectivity index (χ1) is 16.1. The molecule has 0 spiro atoms. The summed E-state index contributed by atoms with van der Waals surface area (Å²) in [5.74, 6) is 1.57. The van der Waals surface area contributed by atoms with Crippen LogP contribution in [0.1, 0.15) is 6.42 Å². The second-order valence-electron chi connectivity index (χ2n) is 8.23. The van der Waals surface area contributed by atoms with Crippen LogP contribution in [-0.2, 0) is 0 Å². The van der Waals surface area contributed by atoms with Gasteiger partial charge in [-0.25, -0.2) is 24.8 Å².